The number of aryl methyl sites for hydroxylation is 1. The molecule has 2 N–H and O–H groups in total. The Morgan fingerprint density at radius 2 is 1.92 bits per heavy atom. The van der Waals surface area contributed by atoms with Crippen LogP contribution < -0.4 is 4.72 Å². The molecule has 25 heavy (non-hydrogen) atoms. The normalized spacial score (nSPS) is 12.0. The molecule has 134 valence electrons. The van der Waals surface area contributed by atoms with E-state index in [9.17, 15) is 18.0 Å². The fourth-order valence-electron chi connectivity index (χ4n) is 1.81. The highest BCUT2D eigenvalue weighted by Crippen LogP contribution is 2.09. The van der Waals surface area contributed by atoms with Gasteiger partial charge < -0.3 is 10.1 Å². The summed E-state index contributed by atoms with van der Waals surface area (Å²) in [6, 6.07) is 7.88. The fourth-order valence-corrected chi connectivity index (χ4v) is 2.84. The van der Waals surface area contributed by atoms with Gasteiger partial charge in [-0.25, -0.2) is 13.1 Å². The summed E-state index contributed by atoms with van der Waals surface area (Å²) in [6.45, 7) is 2.33. The van der Waals surface area contributed by atoms with Crippen LogP contribution in [-0.2, 0) is 24.3 Å². The molecule has 0 aliphatic carbocycles. The van der Waals surface area contributed by atoms with Crippen LogP contribution in [-0.4, -0.2) is 39.0 Å². The number of rotatable bonds is 9. The summed E-state index contributed by atoms with van der Waals surface area (Å²) in [4.78, 5) is 23.2. The summed E-state index contributed by atoms with van der Waals surface area (Å²) in [5, 5.41) is 16.0. The topological polar surface area (TPSA) is 137 Å². The van der Waals surface area contributed by atoms with Gasteiger partial charge in [-0.1, -0.05) is 17.7 Å². The molecule has 0 fully saturated rings. The van der Waals surface area contributed by atoms with E-state index >= 15 is 0 Å². The standard InChI is InChI=1S/C16H19N3O5S/c1-11-3-5-13(6-4-11)25(22,23)19-8-7-16(21)24-10-15(20)14(9-17)12(2)18/h3-6,14,18-19H,7-8,10H2,1-2H3/t14-/m1/s1. The van der Waals surface area contributed by atoms with Crippen molar-refractivity contribution in [3.05, 3.63) is 29.8 Å². The third kappa shape index (κ3) is 6.45. The molecule has 0 radical (unpaired) electrons. The number of esters is 1. The van der Waals surface area contributed by atoms with Crippen LogP contribution in [0.5, 0.6) is 0 Å². The Morgan fingerprint density at radius 1 is 1.32 bits per heavy atom. The summed E-state index contributed by atoms with van der Waals surface area (Å²) in [5.41, 5.74) is 0.789. The average molecular weight is 365 g/mol. The second-order valence-corrected chi connectivity index (χ2v) is 7.10. The van der Waals surface area contributed by atoms with E-state index in [0.717, 1.165) is 5.56 Å². The Bertz CT molecular complexity index is 794. The number of carbonyl (C=O) groups is 2. The van der Waals surface area contributed by atoms with Crippen molar-refractivity contribution >= 4 is 27.5 Å². The molecule has 0 unspecified atom stereocenters. The highest BCUT2D eigenvalue weighted by molar-refractivity contribution is 7.89. The Hall–Kier alpha value is -2.57. The van der Waals surface area contributed by atoms with Crippen molar-refractivity contribution in [1.82, 2.24) is 4.72 Å². The first-order valence-electron chi connectivity index (χ1n) is 7.36. The zero-order valence-corrected chi connectivity index (χ0v) is 14.7. The van der Waals surface area contributed by atoms with Gasteiger partial charge >= 0.3 is 5.97 Å². The predicted octanol–water partition coefficient (Wildman–Crippen LogP) is 0.955. The van der Waals surface area contributed by atoms with E-state index in [-0.39, 0.29) is 23.6 Å². The van der Waals surface area contributed by atoms with Crippen LogP contribution >= 0.6 is 0 Å². The number of ketones is 1. The molecule has 0 aromatic heterocycles. The lowest BCUT2D eigenvalue weighted by molar-refractivity contribution is -0.148. The second-order valence-electron chi connectivity index (χ2n) is 5.33. The van der Waals surface area contributed by atoms with Crippen LogP contribution in [0, 0.1) is 29.6 Å². The molecular weight excluding hydrogens is 346 g/mol. The number of hydrogen-bond donors (Lipinski definition) is 2. The van der Waals surface area contributed by atoms with Crippen molar-refractivity contribution in [2.75, 3.05) is 13.2 Å². The number of nitrogens with zero attached hydrogens (tertiary/aromatic N) is 1. The van der Waals surface area contributed by atoms with Gasteiger partial charge in [-0.2, -0.15) is 5.26 Å². The molecule has 0 saturated carbocycles. The van der Waals surface area contributed by atoms with Crippen LogP contribution in [0.25, 0.3) is 0 Å². The maximum Gasteiger partial charge on any atom is 0.307 e. The maximum atomic E-state index is 12.0. The van der Waals surface area contributed by atoms with Crippen LogP contribution in [0.4, 0.5) is 0 Å². The van der Waals surface area contributed by atoms with Gasteiger partial charge in [0, 0.05) is 12.3 Å². The number of Topliss-reactive ketones (excluding diaryl/α,β-unsaturated/α-hetero) is 1. The van der Waals surface area contributed by atoms with Crippen molar-refractivity contribution in [2.45, 2.75) is 25.2 Å². The van der Waals surface area contributed by atoms with Gasteiger partial charge in [0.1, 0.15) is 5.92 Å². The molecule has 0 aliphatic heterocycles. The van der Waals surface area contributed by atoms with Crippen molar-refractivity contribution < 1.29 is 22.7 Å². The van der Waals surface area contributed by atoms with E-state index in [1.54, 1.807) is 18.2 Å². The SMILES string of the molecule is CC(=N)[C@@H](C#N)C(=O)COC(=O)CCNS(=O)(=O)c1ccc(C)cc1. The quantitative estimate of drug-likeness (QED) is 0.494. The smallest absolute Gasteiger partial charge is 0.307 e. The molecule has 0 saturated heterocycles. The first kappa shape index (κ1) is 20.5. The summed E-state index contributed by atoms with van der Waals surface area (Å²) in [5.74, 6) is -2.71. The number of carbonyl (C=O) groups excluding carboxylic acids is 2. The minimum atomic E-state index is -3.73. The Morgan fingerprint density at radius 3 is 2.44 bits per heavy atom. The molecule has 1 atom stereocenters. The highest BCUT2D eigenvalue weighted by atomic mass is 32.2. The molecule has 0 aliphatic rings. The minimum absolute atomic E-state index is 0.0833. The molecule has 0 bridgehead atoms. The monoisotopic (exact) mass is 365 g/mol. The largest absolute Gasteiger partial charge is 0.458 e. The van der Waals surface area contributed by atoms with Crippen LogP contribution in [0.15, 0.2) is 29.2 Å². The molecule has 1 rings (SSSR count). The molecule has 8 nitrogen and oxygen atoms in total. The van der Waals surface area contributed by atoms with Gasteiger partial charge in [-0.3, -0.25) is 9.59 Å². The van der Waals surface area contributed by atoms with Gasteiger partial charge in [0.05, 0.1) is 17.4 Å². The highest BCUT2D eigenvalue weighted by Gasteiger charge is 2.21. The number of benzene rings is 1. The summed E-state index contributed by atoms with van der Waals surface area (Å²) in [7, 11) is -3.73. The number of sulfonamides is 1. The summed E-state index contributed by atoms with van der Waals surface area (Å²) in [6.07, 6.45) is -0.265. The molecule has 1 aromatic rings. The van der Waals surface area contributed by atoms with E-state index in [4.69, 9.17) is 15.4 Å². The fraction of sp³-hybridized carbons (Fsp3) is 0.375. The lowest BCUT2D eigenvalue weighted by Gasteiger charge is -2.09. The van der Waals surface area contributed by atoms with Crippen LogP contribution in [0.2, 0.25) is 0 Å². The Labute approximate surface area is 146 Å². The summed E-state index contributed by atoms with van der Waals surface area (Å²) < 4.78 is 31.0. The van der Waals surface area contributed by atoms with Gasteiger partial charge in [-0.05, 0) is 26.0 Å². The molecule has 1 aromatic carbocycles. The first-order chi connectivity index (χ1) is 11.7. The first-order valence-corrected chi connectivity index (χ1v) is 8.85. The Kier molecular flexibility index (Phi) is 7.42. The third-order valence-electron chi connectivity index (χ3n) is 3.21. The molecule has 0 spiro atoms. The Balaban J connectivity index is 2.44. The minimum Gasteiger partial charge on any atom is -0.458 e. The second kappa shape index (κ2) is 9.05. The van der Waals surface area contributed by atoms with E-state index in [1.807, 2.05) is 6.92 Å². The van der Waals surface area contributed by atoms with Crippen molar-refractivity contribution in [2.24, 2.45) is 5.92 Å². The van der Waals surface area contributed by atoms with Gasteiger partial charge in [0.15, 0.2) is 12.4 Å². The van der Waals surface area contributed by atoms with Crippen molar-refractivity contribution in [3.63, 3.8) is 0 Å². The zero-order chi connectivity index (χ0) is 19.0. The van der Waals surface area contributed by atoms with E-state index < -0.39 is 34.3 Å². The number of ether oxygens (including phenoxy) is 1. The van der Waals surface area contributed by atoms with E-state index in [1.165, 1.54) is 19.1 Å². The maximum absolute atomic E-state index is 12.0. The van der Waals surface area contributed by atoms with Gasteiger partial charge in [-0.15, -0.1) is 0 Å². The van der Waals surface area contributed by atoms with Crippen molar-refractivity contribution in [3.8, 4) is 6.07 Å². The third-order valence-corrected chi connectivity index (χ3v) is 4.69. The average Bonchev–Trinajstić information content (AvgIpc) is 2.53. The molecule has 0 heterocycles. The van der Waals surface area contributed by atoms with E-state index in [0.29, 0.717) is 0 Å². The molecular formula is C16H19N3O5S. The lowest BCUT2D eigenvalue weighted by atomic mass is 10.0. The number of nitrogens with one attached hydrogen (secondary N) is 2. The van der Waals surface area contributed by atoms with Gasteiger partial charge in [0.25, 0.3) is 0 Å². The lowest BCUT2D eigenvalue weighted by Crippen LogP contribution is -2.28. The van der Waals surface area contributed by atoms with Crippen LogP contribution in [0.3, 0.4) is 0 Å². The number of hydrogen-bond acceptors (Lipinski definition) is 7. The number of nitriles is 1. The summed E-state index contributed by atoms with van der Waals surface area (Å²) >= 11 is 0. The molecule has 0 amide bonds. The van der Waals surface area contributed by atoms with Crippen molar-refractivity contribution in [1.29, 1.82) is 10.7 Å². The predicted molar refractivity (Wildman–Crippen MR) is 89.5 cm³/mol. The molecule has 9 heteroatoms. The van der Waals surface area contributed by atoms with E-state index in [2.05, 4.69) is 4.72 Å². The van der Waals surface area contributed by atoms with Gasteiger partial charge in [0.2, 0.25) is 10.0 Å². The van der Waals surface area contributed by atoms with Crippen LogP contribution in [0.1, 0.15) is 18.9 Å². The zero-order valence-electron chi connectivity index (χ0n) is 13.9.